The molecule has 6 atom stereocenters. The van der Waals surface area contributed by atoms with E-state index in [1.807, 2.05) is 39.8 Å². The number of carbonyl (C=O) groups excluding carboxylic acids is 3. The number of imide groups is 1. The first kappa shape index (κ1) is 19.1. The van der Waals surface area contributed by atoms with Gasteiger partial charge in [-0.15, -0.1) is 0 Å². The van der Waals surface area contributed by atoms with E-state index in [0.29, 0.717) is 17.7 Å². The van der Waals surface area contributed by atoms with E-state index in [-0.39, 0.29) is 23.8 Å². The summed E-state index contributed by atoms with van der Waals surface area (Å²) in [4.78, 5) is 41.2. The van der Waals surface area contributed by atoms with Crippen LogP contribution >= 0.6 is 0 Å². The number of benzene rings is 1. The molecule has 0 bridgehead atoms. The molecule has 3 aliphatic rings. The van der Waals surface area contributed by atoms with E-state index < -0.39 is 29.5 Å². The third-order valence-corrected chi connectivity index (χ3v) is 6.94. The Kier molecular flexibility index (Phi) is 4.17. The lowest BCUT2D eigenvalue weighted by atomic mass is 9.76. The van der Waals surface area contributed by atoms with Gasteiger partial charge in [0.2, 0.25) is 17.7 Å². The number of aryl methyl sites for hydroxylation is 1. The molecule has 7 heteroatoms. The molecular weight excluding hydrogens is 358 g/mol. The predicted octanol–water partition coefficient (Wildman–Crippen LogP) is 1.20. The monoisotopic (exact) mass is 385 g/mol. The van der Waals surface area contributed by atoms with Gasteiger partial charge in [-0.05, 0) is 45.2 Å². The average molecular weight is 385 g/mol. The summed E-state index contributed by atoms with van der Waals surface area (Å²) in [6.45, 7) is 9.24. The first-order valence-electron chi connectivity index (χ1n) is 9.91. The fourth-order valence-corrected chi connectivity index (χ4v) is 5.10. The van der Waals surface area contributed by atoms with Gasteiger partial charge in [-0.1, -0.05) is 19.1 Å². The zero-order valence-electron chi connectivity index (χ0n) is 16.9. The molecule has 1 aromatic carbocycles. The van der Waals surface area contributed by atoms with Crippen LogP contribution in [-0.2, 0) is 19.9 Å². The molecule has 4 rings (SSSR count). The summed E-state index contributed by atoms with van der Waals surface area (Å²) >= 11 is 0. The smallest absolute Gasteiger partial charge is 0.250 e. The number of anilines is 1. The van der Waals surface area contributed by atoms with Crippen molar-refractivity contribution in [2.24, 2.45) is 11.8 Å². The number of fused-ring (bicyclic) bond motifs is 4. The Balaban J connectivity index is 1.93. The Labute approximate surface area is 164 Å². The number of nitrogens with zero attached hydrogens (tertiary/aromatic N) is 1. The minimum absolute atomic E-state index is 0.249. The van der Waals surface area contributed by atoms with Crippen molar-refractivity contribution < 1.29 is 19.5 Å². The number of hydrogen-bond donors (Lipinski definition) is 3. The highest BCUT2D eigenvalue weighted by Gasteiger charge is 2.71. The lowest BCUT2D eigenvalue weighted by Crippen LogP contribution is -2.55. The van der Waals surface area contributed by atoms with E-state index in [0.717, 1.165) is 11.1 Å². The van der Waals surface area contributed by atoms with E-state index in [1.165, 1.54) is 4.90 Å². The van der Waals surface area contributed by atoms with Gasteiger partial charge < -0.3 is 10.4 Å². The highest BCUT2D eigenvalue weighted by molar-refractivity contribution is 6.15. The van der Waals surface area contributed by atoms with Gasteiger partial charge in [-0.2, -0.15) is 0 Å². The van der Waals surface area contributed by atoms with Crippen molar-refractivity contribution in [3.8, 4) is 0 Å². The lowest BCUT2D eigenvalue weighted by molar-refractivity contribution is -0.145. The number of aliphatic hydroxyl groups is 1. The number of rotatable bonds is 3. The summed E-state index contributed by atoms with van der Waals surface area (Å²) < 4.78 is 0. The molecule has 1 spiro atoms. The molecule has 3 heterocycles. The SMILES string of the molecule is CC[C@H](C)N1C(=O)[C@@H]2[C@@H]([C@H](C)O)N[C@]3(C(=O)Nc4c3ccc(C)c4C)[C@@H]2C1=O. The van der Waals surface area contributed by atoms with Gasteiger partial charge in [0.05, 0.1) is 17.9 Å². The van der Waals surface area contributed by atoms with E-state index in [4.69, 9.17) is 0 Å². The second-order valence-electron chi connectivity index (χ2n) is 8.41. The highest BCUT2D eigenvalue weighted by atomic mass is 16.3. The van der Waals surface area contributed by atoms with Crippen LogP contribution in [0.1, 0.15) is 43.9 Å². The molecule has 3 N–H and O–H groups in total. The molecule has 3 aliphatic heterocycles. The zero-order chi connectivity index (χ0) is 20.5. The largest absolute Gasteiger partial charge is 0.392 e. The number of carbonyl (C=O) groups is 3. The summed E-state index contributed by atoms with van der Waals surface area (Å²) in [5, 5.41) is 16.6. The molecule has 1 aromatic rings. The van der Waals surface area contributed by atoms with Crippen LogP contribution in [0.15, 0.2) is 12.1 Å². The number of hydrogen-bond acceptors (Lipinski definition) is 5. The van der Waals surface area contributed by atoms with Gasteiger partial charge in [-0.25, -0.2) is 0 Å². The van der Waals surface area contributed by atoms with Gasteiger partial charge in [0.1, 0.15) is 5.54 Å². The third-order valence-electron chi connectivity index (χ3n) is 6.94. The predicted molar refractivity (Wildman–Crippen MR) is 103 cm³/mol. The second kappa shape index (κ2) is 6.12. The normalized spacial score (nSPS) is 33.3. The molecule has 0 saturated carbocycles. The van der Waals surface area contributed by atoms with Crippen LogP contribution in [0.2, 0.25) is 0 Å². The van der Waals surface area contributed by atoms with Crippen molar-refractivity contribution in [1.82, 2.24) is 10.2 Å². The van der Waals surface area contributed by atoms with Crippen molar-refractivity contribution in [3.63, 3.8) is 0 Å². The van der Waals surface area contributed by atoms with Crippen LogP contribution < -0.4 is 10.6 Å². The average Bonchev–Trinajstić information content (AvgIpc) is 3.24. The van der Waals surface area contributed by atoms with Gasteiger partial charge in [0, 0.05) is 23.3 Å². The molecule has 2 saturated heterocycles. The Hall–Kier alpha value is -2.25. The maximum Gasteiger partial charge on any atom is 0.250 e. The molecule has 3 amide bonds. The summed E-state index contributed by atoms with van der Waals surface area (Å²) in [7, 11) is 0. The summed E-state index contributed by atoms with van der Waals surface area (Å²) in [6.07, 6.45) is -0.249. The first-order chi connectivity index (χ1) is 13.2. The molecule has 150 valence electrons. The summed E-state index contributed by atoms with van der Waals surface area (Å²) in [5.41, 5.74) is 2.02. The topological polar surface area (TPSA) is 98.7 Å². The minimum Gasteiger partial charge on any atom is -0.392 e. The molecule has 0 unspecified atom stereocenters. The second-order valence-corrected chi connectivity index (χ2v) is 8.41. The van der Waals surface area contributed by atoms with Crippen molar-refractivity contribution >= 4 is 23.4 Å². The standard InChI is InChI=1S/C21H27N3O4/c1-6-10(3)24-18(26)14-15(19(24)27)21(23-17(14)12(5)25)13-8-7-9(2)11(4)16(13)22-20(21)28/h7-8,10,12,14-15,17,23,25H,6H2,1-5H3,(H,22,28)/t10-,12-,14-,15-,17+,21-/m0/s1. The zero-order valence-corrected chi connectivity index (χ0v) is 16.9. The first-order valence-corrected chi connectivity index (χ1v) is 9.91. The summed E-state index contributed by atoms with van der Waals surface area (Å²) in [5.74, 6) is -2.59. The number of nitrogens with one attached hydrogen (secondary N) is 2. The van der Waals surface area contributed by atoms with E-state index in [1.54, 1.807) is 6.92 Å². The van der Waals surface area contributed by atoms with Gasteiger partial charge >= 0.3 is 0 Å². The maximum absolute atomic E-state index is 13.4. The molecule has 0 aromatic heterocycles. The van der Waals surface area contributed by atoms with Crippen molar-refractivity contribution in [2.45, 2.75) is 64.8 Å². The third kappa shape index (κ3) is 2.14. The quantitative estimate of drug-likeness (QED) is 0.679. The van der Waals surface area contributed by atoms with Crippen LogP contribution in [0.5, 0.6) is 0 Å². The Morgan fingerprint density at radius 1 is 1.18 bits per heavy atom. The number of aliphatic hydroxyl groups excluding tert-OH is 1. The fraction of sp³-hybridized carbons (Fsp3) is 0.571. The Bertz CT molecular complexity index is 896. The number of likely N-dealkylation sites (tertiary alicyclic amines) is 1. The van der Waals surface area contributed by atoms with Crippen LogP contribution in [0.4, 0.5) is 5.69 Å². The van der Waals surface area contributed by atoms with Crippen LogP contribution in [0.3, 0.4) is 0 Å². The van der Waals surface area contributed by atoms with Gasteiger partial charge in [0.15, 0.2) is 0 Å². The van der Waals surface area contributed by atoms with Crippen LogP contribution in [0.25, 0.3) is 0 Å². The Morgan fingerprint density at radius 3 is 2.46 bits per heavy atom. The molecule has 0 radical (unpaired) electrons. The number of amides is 3. The van der Waals surface area contributed by atoms with E-state index in [2.05, 4.69) is 10.6 Å². The molecule has 2 fully saturated rings. The van der Waals surface area contributed by atoms with E-state index >= 15 is 0 Å². The summed E-state index contributed by atoms with van der Waals surface area (Å²) in [6, 6.07) is 2.86. The molecule has 7 nitrogen and oxygen atoms in total. The van der Waals surface area contributed by atoms with Crippen molar-refractivity contribution in [2.75, 3.05) is 5.32 Å². The van der Waals surface area contributed by atoms with Crippen molar-refractivity contribution in [1.29, 1.82) is 0 Å². The highest BCUT2D eigenvalue weighted by Crippen LogP contribution is 2.54. The molecule has 28 heavy (non-hydrogen) atoms. The van der Waals surface area contributed by atoms with Gasteiger partial charge in [-0.3, -0.25) is 24.6 Å². The van der Waals surface area contributed by atoms with Crippen molar-refractivity contribution in [3.05, 3.63) is 28.8 Å². The maximum atomic E-state index is 13.4. The lowest BCUT2D eigenvalue weighted by Gasteiger charge is -2.31. The fourth-order valence-electron chi connectivity index (χ4n) is 5.10. The van der Waals surface area contributed by atoms with E-state index in [9.17, 15) is 19.5 Å². The minimum atomic E-state index is -1.34. The van der Waals surface area contributed by atoms with Crippen LogP contribution in [0, 0.1) is 25.7 Å². The molecular formula is C21H27N3O4. The molecule has 0 aliphatic carbocycles. The van der Waals surface area contributed by atoms with Crippen LogP contribution in [-0.4, -0.2) is 45.9 Å². The van der Waals surface area contributed by atoms with Gasteiger partial charge in [0.25, 0.3) is 0 Å². The Morgan fingerprint density at radius 2 is 1.86 bits per heavy atom.